The van der Waals surface area contributed by atoms with Gasteiger partial charge in [-0.15, -0.1) is 0 Å². The molecule has 0 unspecified atom stereocenters. The second-order valence-corrected chi connectivity index (χ2v) is 3.75. The van der Waals surface area contributed by atoms with Gasteiger partial charge >= 0.3 is 12.1 Å². The molecular weight excluding hydrogens is 235 g/mol. The number of halogens is 3. The number of Topliss-reactive ketones (excluding diaryl/α,β-unsaturated/α-hetero) is 1. The van der Waals surface area contributed by atoms with Crippen LogP contribution in [0.25, 0.3) is 0 Å². The first-order valence-corrected chi connectivity index (χ1v) is 4.92. The number of ketones is 1. The average Bonchev–Trinajstić information content (AvgIpc) is 2.59. The molecule has 1 aromatic rings. The quantitative estimate of drug-likeness (QED) is 0.822. The van der Waals surface area contributed by atoms with Gasteiger partial charge in [0.15, 0.2) is 5.78 Å². The maximum absolute atomic E-state index is 12.0. The lowest BCUT2D eigenvalue weighted by atomic mass is 10.1. The third-order valence-electron chi connectivity index (χ3n) is 2.54. The molecule has 0 radical (unpaired) electrons. The van der Waals surface area contributed by atoms with E-state index in [1.54, 1.807) is 5.32 Å². The van der Waals surface area contributed by atoms with Gasteiger partial charge in [0.05, 0.1) is 0 Å². The number of amides is 1. The van der Waals surface area contributed by atoms with Crippen molar-refractivity contribution < 1.29 is 22.8 Å². The number of carbonyl (C=O) groups excluding carboxylic acids is 2. The fraction of sp³-hybridized carbons (Fsp3) is 0.273. The lowest BCUT2D eigenvalue weighted by molar-refractivity contribution is -0.167. The van der Waals surface area contributed by atoms with Gasteiger partial charge in [0.2, 0.25) is 0 Å². The van der Waals surface area contributed by atoms with Crippen molar-refractivity contribution in [2.24, 2.45) is 0 Å². The number of rotatable bonds is 1. The number of nitrogens with one attached hydrogen (secondary N) is 1. The molecule has 17 heavy (non-hydrogen) atoms. The third-order valence-corrected chi connectivity index (χ3v) is 2.54. The number of alkyl halides is 3. The van der Waals surface area contributed by atoms with Gasteiger partial charge in [0, 0.05) is 17.7 Å². The first kappa shape index (κ1) is 11.6. The Bertz CT molecular complexity index is 494. The lowest BCUT2D eigenvalue weighted by Crippen LogP contribution is -2.29. The predicted molar refractivity (Wildman–Crippen MR) is 53.8 cm³/mol. The minimum atomic E-state index is -4.91. The van der Waals surface area contributed by atoms with E-state index >= 15 is 0 Å². The van der Waals surface area contributed by atoms with Crippen molar-refractivity contribution in [3.8, 4) is 0 Å². The highest BCUT2D eigenvalue weighted by Gasteiger charge is 2.38. The van der Waals surface area contributed by atoms with E-state index in [0.717, 1.165) is 0 Å². The fourth-order valence-corrected chi connectivity index (χ4v) is 1.74. The standard InChI is InChI=1S/C11H8F3NO2/c12-11(13,14)10(17)15-7-2-3-8-6(5-7)1-4-9(8)16/h2-3,5H,1,4H2,(H,15,17). The molecule has 2 rings (SSSR count). The van der Waals surface area contributed by atoms with Crippen LogP contribution in [0.5, 0.6) is 0 Å². The van der Waals surface area contributed by atoms with Gasteiger partial charge in [-0.1, -0.05) is 0 Å². The van der Waals surface area contributed by atoms with Crippen LogP contribution >= 0.6 is 0 Å². The number of aryl methyl sites for hydroxylation is 1. The Kier molecular flexibility index (Phi) is 2.65. The van der Waals surface area contributed by atoms with Crippen LogP contribution in [0, 0.1) is 0 Å². The molecule has 0 bridgehead atoms. The van der Waals surface area contributed by atoms with Gasteiger partial charge in [-0.2, -0.15) is 13.2 Å². The SMILES string of the molecule is O=C1CCc2cc(NC(=O)C(F)(F)F)ccc21. The first-order chi connectivity index (χ1) is 7.88. The van der Waals surface area contributed by atoms with Crippen molar-refractivity contribution in [3.05, 3.63) is 29.3 Å². The summed E-state index contributed by atoms with van der Waals surface area (Å²) in [5.41, 5.74) is 1.26. The molecule has 1 aromatic carbocycles. The van der Waals surface area contributed by atoms with Crippen molar-refractivity contribution >= 4 is 17.4 Å². The van der Waals surface area contributed by atoms with Gasteiger partial charge in [-0.25, -0.2) is 0 Å². The molecule has 1 aliphatic rings. The van der Waals surface area contributed by atoms with Crippen LogP contribution < -0.4 is 5.32 Å². The molecule has 0 aromatic heterocycles. The van der Waals surface area contributed by atoms with E-state index in [1.165, 1.54) is 18.2 Å². The Labute approximate surface area is 94.6 Å². The number of carbonyl (C=O) groups is 2. The molecule has 3 nitrogen and oxygen atoms in total. The van der Waals surface area contributed by atoms with Gasteiger partial charge < -0.3 is 5.32 Å². The van der Waals surface area contributed by atoms with Crippen molar-refractivity contribution in [1.82, 2.24) is 0 Å². The Morgan fingerprint density at radius 3 is 2.59 bits per heavy atom. The summed E-state index contributed by atoms with van der Waals surface area (Å²) in [5.74, 6) is -2.03. The highest BCUT2D eigenvalue weighted by Crippen LogP contribution is 2.26. The van der Waals surface area contributed by atoms with Crippen molar-refractivity contribution in [3.63, 3.8) is 0 Å². The van der Waals surface area contributed by atoms with Crippen LogP contribution in [0.15, 0.2) is 18.2 Å². The number of anilines is 1. The highest BCUT2D eigenvalue weighted by atomic mass is 19.4. The summed E-state index contributed by atoms with van der Waals surface area (Å²) in [6.07, 6.45) is -4.04. The lowest BCUT2D eigenvalue weighted by Gasteiger charge is -2.08. The van der Waals surface area contributed by atoms with E-state index in [1.807, 2.05) is 0 Å². The average molecular weight is 243 g/mol. The Hall–Kier alpha value is -1.85. The molecule has 0 fully saturated rings. The van der Waals surface area contributed by atoms with E-state index in [2.05, 4.69) is 0 Å². The van der Waals surface area contributed by atoms with Crippen LogP contribution in [0.4, 0.5) is 18.9 Å². The van der Waals surface area contributed by atoms with Gasteiger partial charge in [0.25, 0.3) is 0 Å². The number of hydrogen-bond acceptors (Lipinski definition) is 2. The molecule has 0 spiro atoms. The molecule has 1 N–H and O–H groups in total. The smallest absolute Gasteiger partial charge is 0.318 e. The summed E-state index contributed by atoms with van der Waals surface area (Å²) in [6.45, 7) is 0. The molecule has 6 heteroatoms. The Balaban J connectivity index is 2.20. The summed E-state index contributed by atoms with van der Waals surface area (Å²) in [4.78, 5) is 22.0. The molecule has 0 saturated heterocycles. The van der Waals surface area contributed by atoms with Gasteiger partial charge in [-0.05, 0) is 30.2 Å². The molecule has 0 atom stereocenters. The monoisotopic (exact) mass is 243 g/mol. The fourth-order valence-electron chi connectivity index (χ4n) is 1.74. The molecule has 1 amide bonds. The van der Waals surface area contributed by atoms with Crippen molar-refractivity contribution in [1.29, 1.82) is 0 Å². The van der Waals surface area contributed by atoms with E-state index in [9.17, 15) is 22.8 Å². The zero-order valence-electron chi connectivity index (χ0n) is 8.60. The number of hydrogen-bond donors (Lipinski definition) is 1. The van der Waals surface area contributed by atoms with E-state index in [-0.39, 0.29) is 11.5 Å². The topological polar surface area (TPSA) is 46.2 Å². The minimum absolute atomic E-state index is 0.0197. The largest absolute Gasteiger partial charge is 0.471 e. The molecule has 0 heterocycles. The zero-order valence-corrected chi connectivity index (χ0v) is 8.60. The van der Waals surface area contributed by atoms with Gasteiger partial charge in [0.1, 0.15) is 0 Å². The summed E-state index contributed by atoms with van der Waals surface area (Å²) >= 11 is 0. The first-order valence-electron chi connectivity index (χ1n) is 4.92. The summed E-state index contributed by atoms with van der Waals surface area (Å²) in [5, 5.41) is 1.75. The highest BCUT2D eigenvalue weighted by molar-refractivity contribution is 6.01. The van der Waals surface area contributed by atoms with Crippen LogP contribution in [0.3, 0.4) is 0 Å². The van der Waals surface area contributed by atoms with Crippen molar-refractivity contribution in [2.75, 3.05) is 5.32 Å². The van der Waals surface area contributed by atoms with Crippen LogP contribution in [0.2, 0.25) is 0 Å². The molecule has 1 aliphatic carbocycles. The maximum atomic E-state index is 12.0. The molecule has 0 saturated carbocycles. The summed E-state index contributed by atoms with van der Waals surface area (Å²) in [7, 11) is 0. The molecule has 0 aliphatic heterocycles. The summed E-state index contributed by atoms with van der Waals surface area (Å²) in [6, 6.07) is 4.15. The second-order valence-electron chi connectivity index (χ2n) is 3.75. The molecular formula is C11H8F3NO2. The van der Waals surface area contributed by atoms with Gasteiger partial charge in [-0.3, -0.25) is 9.59 Å². The van der Waals surface area contributed by atoms with E-state index in [4.69, 9.17) is 0 Å². The Morgan fingerprint density at radius 1 is 1.24 bits per heavy atom. The van der Waals surface area contributed by atoms with E-state index in [0.29, 0.717) is 24.0 Å². The maximum Gasteiger partial charge on any atom is 0.471 e. The minimum Gasteiger partial charge on any atom is -0.318 e. The van der Waals surface area contributed by atoms with E-state index < -0.39 is 12.1 Å². The number of fused-ring (bicyclic) bond motifs is 1. The summed E-state index contributed by atoms with van der Waals surface area (Å²) < 4.78 is 36.0. The normalized spacial score (nSPS) is 14.6. The van der Waals surface area contributed by atoms with Crippen LogP contribution in [-0.2, 0) is 11.2 Å². The molecule has 90 valence electrons. The number of benzene rings is 1. The predicted octanol–water partition coefficient (Wildman–Crippen LogP) is 2.32. The van der Waals surface area contributed by atoms with Crippen LogP contribution in [0.1, 0.15) is 22.3 Å². The Morgan fingerprint density at radius 2 is 1.94 bits per heavy atom. The second kappa shape index (κ2) is 3.87. The van der Waals surface area contributed by atoms with Crippen LogP contribution in [-0.4, -0.2) is 17.9 Å². The van der Waals surface area contributed by atoms with Crippen molar-refractivity contribution in [2.45, 2.75) is 19.0 Å². The zero-order chi connectivity index (χ0) is 12.6. The third kappa shape index (κ3) is 2.30.